The number of aliphatic hydroxyl groups excluding tert-OH is 1. The Kier molecular flexibility index (Phi) is 6.87. The van der Waals surface area contributed by atoms with Crippen LogP contribution in [-0.4, -0.2) is 37.4 Å². The first-order valence-electron chi connectivity index (χ1n) is 6.84. The number of amides is 1. The van der Waals surface area contributed by atoms with Crippen LogP contribution in [0.3, 0.4) is 0 Å². The molecule has 5 nitrogen and oxygen atoms in total. The summed E-state index contributed by atoms with van der Waals surface area (Å²) in [6.45, 7) is 4.36. The summed E-state index contributed by atoms with van der Waals surface area (Å²) in [5, 5.41) is 11.6. The number of hydrogen-bond donors (Lipinski definition) is 2. The van der Waals surface area contributed by atoms with Crippen LogP contribution in [-0.2, 0) is 0 Å². The highest BCUT2D eigenvalue weighted by atomic mass is 16.5. The summed E-state index contributed by atoms with van der Waals surface area (Å²) in [6, 6.07) is 4.77. The zero-order valence-corrected chi connectivity index (χ0v) is 12.3. The van der Waals surface area contributed by atoms with E-state index in [0.717, 1.165) is 12.8 Å². The van der Waals surface area contributed by atoms with Crippen molar-refractivity contribution in [2.24, 2.45) is 0 Å². The summed E-state index contributed by atoms with van der Waals surface area (Å²) in [4.78, 5) is 11.9. The van der Waals surface area contributed by atoms with Crippen molar-refractivity contribution in [3.05, 3.63) is 23.8 Å². The molecule has 0 spiro atoms. The highest BCUT2D eigenvalue weighted by molar-refractivity contribution is 5.95. The van der Waals surface area contributed by atoms with E-state index in [0.29, 0.717) is 23.7 Å². The van der Waals surface area contributed by atoms with E-state index in [4.69, 9.17) is 14.6 Å². The van der Waals surface area contributed by atoms with Gasteiger partial charge >= 0.3 is 0 Å². The van der Waals surface area contributed by atoms with Gasteiger partial charge in [0.15, 0.2) is 11.5 Å². The molecule has 0 aliphatic rings. The third-order valence-electron chi connectivity index (χ3n) is 2.83. The molecule has 0 aromatic heterocycles. The van der Waals surface area contributed by atoms with E-state index in [1.807, 2.05) is 0 Å². The lowest BCUT2D eigenvalue weighted by molar-refractivity contribution is 0.0922. The third kappa shape index (κ3) is 4.74. The number of rotatable bonds is 8. The molecule has 0 saturated carbocycles. The lowest BCUT2D eigenvalue weighted by atomic mass is 10.1. The molecule has 112 valence electrons. The van der Waals surface area contributed by atoms with Gasteiger partial charge < -0.3 is 19.9 Å². The quantitative estimate of drug-likeness (QED) is 0.715. The van der Waals surface area contributed by atoms with Gasteiger partial charge in [0.1, 0.15) is 0 Å². The number of unbranched alkanes of at least 4 members (excludes halogenated alkanes) is 1. The zero-order chi connectivity index (χ0) is 15.0. The molecule has 1 rings (SSSR count). The summed E-state index contributed by atoms with van der Waals surface area (Å²) in [7, 11) is 1.54. The van der Waals surface area contributed by atoms with Crippen LogP contribution in [0.15, 0.2) is 18.2 Å². The monoisotopic (exact) mass is 281 g/mol. The van der Waals surface area contributed by atoms with E-state index in [-0.39, 0.29) is 18.6 Å². The molecule has 1 aromatic carbocycles. The summed E-state index contributed by atoms with van der Waals surface area (Å²) in [5.41, 5.74) is 0.477. The van der Waals surface area contributed by atoms with Crippen molar-refractivity contribution in [2.75, 3.05) is 20.3 Å². The first-order chi connectivity index (χ1) is 9.62. The van der Waals surface area contributed by atoms with Gasteiger partial charge in [-0.15, -0.1) is 0 Å². The van der Waals surface area contributed by atoms with Crippen LogP contribution in [0.2, 0.25) is 0 Å². The van der Waals surface area contributed by atoms with Gasteiger partial charge in [-0.1, -0.05) is 13.3 Å². The average Bonchev–Trinajstić information content (AvgIpc) is 2.47. The smallest absolute Gasteiger partial charge is 0.251 e. The topological polar surface area (TPSA) is 67.8 Å². The van der Waals surface area contributed by atoms with Gasteiger partial charge in [-0.05, 0) is 31.5 Å². The fraction of sp³-hybridized carbons (Fsp3) is 0.533. The van der Waals surface area contributed by atoms with Crippen LogP contribution in [0.4, 0.5) is 0 Å². The fourth-order valence-electron chi connectivity index (χ4n) is 1.61. The van der Waals surface area contributed by atoms with Crippen LogP contribution in [0.25, 0.3) is 0 Å². The van der Waals surface area contributed by atoms with Gasteiger partial charge in [0, 0.05) is 11.6 Å². The molecule has 0 bridgehead atoms. The Morgan fingerprint density at radius 1 is 1.40 bits per heavy atom. The maximum atomic E-state index is 11.9. The van der Waals surface area contributed by atoms with Crippen LogP contribution in [0, 0.1) is 0 Å². The summed E-state index contributed by atoms with van der Waals surface area (Å²) >= 11 is 0. The van der Waals surface area contributed by atoms with E-state index in [1.165, 1.54) is 0 Å². The molecule has 1 aromatic rings. The number of carbonyl (C=O) groups excluding carboxylic acids is 1. The number of hydrogen-bond acceptors (Lipinski definition) is 4. The van der Waals surface area contributed by atoms with Crippen molar-refractivity contribution < 1.29 is 19.4 Å². The summed E-state index contributed by atoms with van der Waals surface area (Å²) < 4.78 is 10.9. The largest absolute Gasteiger partial charge is 0.493 e. The number of methoxy groups -OCH3 is 1. The molecule has 1 unspecified atom stereocenters. The Hall–Kier alpha value is -1.75. The Labute approximate surface area is 119 Å². The van der Waals surface area contributed by atoms with E-state index >= 15 is 0 Å². The van der Waals surface area contributed by atoms with E-state index in [9.17, 15) is 4.79 Å². The highest BCUT2D eigenvalue weighted by Gasteiger charge is 2.12. The van der Waals surface area contributed by atoms with E-state index in [1.54, 1.807) is 32.2 Å². The minimum Gasteiger partial charge on any atom is -0.493 e. The van der Waals surface area contributed by atoms with Gasteiger partial charge in [0.2, 0.25) is 0 Å². The second-order valence-electron chi connectivity index (χ2n) is 4.62. The molecule has 0 fully saturated rings. The maximum absolute atomic E-state index is 11.9. The van der Waals surface area contributed by atoms with Crippen molar-refractivity contribution in [2.45, 2.75) is 32.7 Å². The SMILES string of the molecule is CCCCOc1ccc(C(=O)NC(C)CO)cc1OC. The minimum atomic E-state index is -0.283. The molecular weight excluding hydrogens is 258 g/mol. The van der Waals surface area contributed by atoms with Crippen LogP contribution < -0.4 is 14.8 Å². The molecule has 20 heavy (non-hydrogen) atoms. The van der Waals surface area contributed by atoms with Crippen molar-refractivity contribution in [1.82, 2.24) is 5.32 Å². The van der Waals surface area contributed by atoms with Crippen LogP contribution in [0.5, 0.6) is 11.5 Å². The Balaban J connectivity index is 2.78. The second-order valence-corrected chi connectivity index (χ2v) is 4.62. The molecule has 0 aliphatic heterocycles. The van der Waals surface area contributed by atoms with Crippen LogP contribution in [0.1, 0.15) is 37.0 Å². The van der Waals surface area contributed by atoms with Gasteiger partial charge in [-0.2, -0.15) is 0 Å². The molecule has 1 atom stereocenters. The van der Waals surface area contributed by atoms with Gasteiger partial charge in [0.05, 0.1) is 20.3 Å². The van der Waals surface area contributed by atoms with E-state index < -0.39 is 0 Å². The third-order valence-corrected chi connectivity index (χ3v) is 2.83. The Bertz CT molecular complexity index is 434. The molecule has 1 amide bonds. The fourth-order valence-corrected chi connectivity index (χ4v) is 1.61. The Morgan fingerprint density at radius 3 is 2.75 bits per heavy atom. The average molecular weight is 281 g/mol. The van der Waals surface area contributed by atoms with Gasteiger partial charge in [-0.3, -0.25) is 4.79 Å². The number of aliphatic hydroxyl groups is 1. The lowest BCUT2D eigenvalue weighted by Crippen LogP contribution is -2.34. The number of nitrogens with one attached hydrogen (secondary N) is 1. The normalized spacial score (nSPS) is 11.8. The predicted octanol–water partition coefficient (Wildman–Crippen LogP) is 1.98. The number of ether oxygens (including phenoxy) is 2. The zero-order valence-electron chi connectivity index (χ0n) is 12.3. The molecule has 0 saturated heterocycles. The van der Waals surface area contributed by atoms with Crippen molar-refractivity contribution >= 4 is 5.91 Å². The second kappa shape index (κ2) is 8.43. The predicted molar refractivity (Wildman–Crippen MR) is 77.4 cm³/mol. The first-order valence-corrected chi connectivity index (χ1v) is 6.84. The standard InChI is InChI=1S/C15H23NO4/c1-4-5-8-20-13-7-6-12(9-14(13)19-3)15(18)16-11(2)10-17/h6-7,9,11,17H,4-5,8,10H2,1-3H3,(H,16,18). The lowest BCUT2D eigenvalue weighted by Gasteiger charge is -2.14. The molecule has 0 aliphatic carbocycles. The van der Waals surface area contributed by atoms with Crippen molar-refractivity contribution in [1.29, 1.82) is 0 Å². The molecule has 2 N–H and O–H groups in total. The van der Waals surface area contributed by atoms with Crippen molar-refractivity contribution in [3.8, 4) is 11.5 Å². The molecular formula is C15H23NO4. The first kappa shape index (κ1) is 16.3. The van der Waals surface area contributed by atoms with Crippen molar-refractivity contribution in [3.63, 3.8) is 0 Å². The molecule has 5 heteroatoms. The maximum Gasteiger partial charge on any atom is 0.251 e. The summed E-state index contributed by atoms with van der Waals surface area (Å²) in [6.07, 6.45) is 2.03. The molecule has 0 heterocycles. The summed E-state index contributed by atoms with van der Waals surface area (Å²) in [5.74, 6) is 0.920. The van der Waals surface area contributed by atoms with Gasteiger partial charge in [-0.25, -0.2) is 0 Å². The minimum absolute atomic E-state index is 0.0961. The number of carbonyl (C=O) groups is 1. The number of benzene rings is 1. The Morgan fingerprint density at radius 2 is 2.15 bits per heavy atom. The molecule has 0 radical (unpaired) electrons. The van der Waals surface area contributed by atoms with Crippen LogP contribution >= 0.6 is 0 Å². The highest BCUT2D eigenvalue weighted by Crippen LogP contribution is 2.28. The van der Waals surface area contributed by atoms with E-state index in [2.05, 4.69) is 12.2 Å². The van der Waals surface area contributed by atoms with Gasteiger partial charge in [0.25, 0.3) is 5.91 Å².